The van der Waals surface area contributed by atoms with Crippen molar-refractivity contribution >= 4 is 45.4 Å². The minimum absolute atomic E-state index is 0.0254. The lowest BCUT2D eigenvalue weighted by molar-refractivity contribution is -0.138. The van der Waals surface area contributed by atoms with Gasteiger partial charge in [0.15, 0.2) is 6.17 Å². The monoisotopic (exact) mass is 600 g/mol. The van der Waals surface area contributed by atoms with E-state index in [0.717, 1.165) is 36.6 Å². The molecule has 0 spiro atoms. The maximum absolute atomic E-state index is 13.8. The van der Waals surface area contributed by atoms with Crippen LogP contribution in [0.4, 0.5) is 10.5 Å². The number of nitrogens with zero attached hydrogens (tertiary/aromatic N) is 2. The van der Waals surface area contributed by atoms with Gasteiger partial charge in [-0.05, 0) is 67.3 Å². The number of hydrogen-bond acceptors (Lipinski definition) is 5. The Hall–Kier alpha value is -3.60. The number of amides is 4. The largest absolute Gasteiger partial charge is 0.497 e. The lowest BCUT2D eigenvalue weighted by Crippen LogP contribution is -2.57. The second-order valence-electron chi connectivity index (χ2n) is 9.84. The first-order valence-electron chi connectivity index (χ1n) is 13.1. The zero-order chi connectivity index (χ0) is 27.9. The van der Waals surface area contributed by atoms with Gasteiger partial charge in [0.05, 0.1) is 13.5 Å². The van der Waals surface area contributed by atoms with Crippen LogP contribution < -0.4 is 15.4 Å². The van der Waals surface area contributed by atoms with Crippen LogP contribution in [0.2, 0.25) is 0 Å². The molecule has 1 saturated carbocycles. The molecular formula is C28H33BrN4O6. The van der Waals surface area contributed by atoms with E-state index in [9.17, 15) is 24.3 Å². The smallest absolute Gasteiger partial charge is 0.323 e. The number of urea groups is 1. The molecule has 0 bridgehead atoms. The van der Waals surface area contributed by atoms with Crippen molar-refractivity contribution < 1.29 is 29.0 Å². The fourth-order valence-electron chi connectivity index (χ4n) is 5.28. The van der Waals surface area contributed by atoms with Crippen LogP contribution in [0.25, 0.3) is 0 Å². The van der Waals surface area contributed by atoms with Gasteiger partial charge < -0.3 is 25.4 Å². The van der Waals surface area contributed by atoms with Crippen LogP contribution in [-0.2, 0) is 9.59 Å². The zero-order valence-corrected chi connectivity index (χ0v) is 23.4. The van der Waals surface area contributed by atoms with Gasteiger partial charge >= 0.3 is 12.0 Å². The van der Waals surface area contributed by atoms with Crippen LogP contribution in [0.5, 0.6) is 5.75 Å². The molecule has 1 aliphatic heterocycles. The van der Waals surface area contributed by atoms with Gasteiger partial charge in [-0.2, -0.15) is 0 Å². The van der Waals surface area contributed by atoms with Crippen molar-refractivity contribution in [3.8, 4) is 5.75 Å². The van der Waals surface area contributed by atoms with E-state index >= 15 is 0 Å². The molecule has 1 aliphatic carbocycles. The quantitative estimate of drug-likeness (QED) is 0.414. The zero-order valence-electron chi connectivity index (χ0n) is 21.8. The Morgan fingerprint density at radius 2 is 1.62 bits per heavy atom. The van der Waals surface area contributed by atoms with Crippen molar-refractivity contribution in [2.45, 2.75) is 50.7 Å². The molecule has 2 fully saturated rings. The molecule has 1 heterocycles. The summed E-state index contributed by atoms with van der Waals surface area (Å²) in [5.41, 5.74) is 0.881. The molecule has 11 heteroatoms. The summed E-state index contributed by atoms with van der Waals surface area (Å²) in [5.74, 6) is -1.31. The van der Waals surface area contributed by atoms with E-state index in [1.165, 1.54) is 9.80 Å². The van der Waals surface area contributed by atoms with Crippen molar-refractivity contribution in [1.29, 1.82) is 0 Å². The maximum Gasteiger partial charge on any atom is 0.323 e. The number of ether oxygens (including phenoxy) is 1. The highest BCUT2D eigenvalue weighted by atomic mass is 79.9. The molecule has 2 aliphatic rings. The molecule has 0 radical (unpaired) electrons. The summed E-state index contributed by atoms with van der Waals surface area (Å²) >= 11 is 3.36. The average molecular weight is 601 g/mol. The second-order valence-corrected chi connectivity index (χ2v) is 10.8. The minimum Gasteiger partial charge on any atom is -0.497 e. The number of carbonyl (C=O) groups excluding carboxylic acids is 3. The van der Waals surface area contributed by atoms with Gasteiger partial charge in [-0.25, -0.2) is 4.79 Å². The van der Waals surface area contributed by atoms with Crippen LogP contribution in [-0.4, -0.2) is 71.1 Å². The highest BCUT2D eigenvalue weighted by molar-refractivity contribution is 9.10. The van der Waals surface area contributed by atoms with Gasteiger partial charge in [-0.3, -0.25) is 19.3 Å². The Kier molecular flexibility index (Phi) is 9.45. The summed E-state index contributed by atoms with van der Waals surface area (Å²) in [6.07, 6.45) is 3.23. The summed E-state index contributed by atoms with van der Waals surface area (Å²) in [4.78, 5) is 55.0. The number of rotatable bonds is 8. The number of anilines is 1. The van der Waals surface area contributed by atoms with E-state index in [-0.39, 0.29) is 25.4 Å². The van der Waals surface area contributed by atoms with Crippen molar-refractivity contribution in [1.82, 2.24) is 15.1 Å². The van der Waals surface area contributed by atoms with Gasteiger partial charge in [-0.15, -0.1) is 0 Å². The molecule has 2 aromatic rings. The third-order valence-corrected chi connectivity index (χ3v) is 7.83. The first-order valence-corrected chi connectivity index (χ1v) is 13.9. The predicted molar refractivity (Wildman–Crippen MR) is 148 cm³/mol. The molecule has 0 aromatic heterocycles. The van der Waals surface area contributed by atoms with E-state index in [2.05, 4.69) is 26.6 Å². The Morgan fingerprint density at radius 1 is 0.974 bits per heavy atom. The molecule has 4 rings (SSSR count). The maximum atomic E-state index is 13.8. The summed E-state index contributed by atoms with van der Waals surface area (Å²) in [6, 6.07) is 12.4. The van der Waals surface area contributed by atoms with E-state index < -0.39 is 36.0 Å². The average Bonchev–Trinajstić information content (AvgIpc) is 3.39. The van der Waals surface area contributed by atoms with Crippen LogP contribution in [0.15, 0.2) is 53.0 Å². The molecule has 39 heavy (non-hydrogen) atoms. The second kappa shape index (κ2) is 13.0. The fraction of sp³-hybridized carbons (Fsp3) is 0.429. The summed E-state index contributed by atoms with van der Waals surface area (Å²) < 4.78 is 5.97. The Balaban J connectivity index is 1.59. The number of nitrogens with one attached hydrogen (secondary N) is 2. The number of carbonyl (C=O) groups is 4. The molecule has 2 atom stereocenters. The number of hydrogen-bond donors (Lipinski definition) is 3. The summed E-state index contributed by atoms with van der Waals surface area (Å²) in [5, 5.41) is 15.2. The first kappa shape index (κ1) is 28.4. The minimum atomic E-state index is -1.24. The van der Waals surface area contributed by atoms with E-state index in [4.69, 9.17) is 4.74 Å². The normalized spacial score (nSPS) is 18.4. The van der Waals surface area contributed by atoms with Gasteiger partial charge in [-0.1, -0.05) is 35.2 Å². The number of methoxy groups -OCH3 is 1. The molecular weight excluding hydrogens is 568 g/mol. The lowest BCUT2D eigenvalue weighted by Gasteiger charge is -2.34. The third-order valence-electron chi connectivity index (χ3n) is 7.30. The van der Waals surface area contributed by atoms with Crippen molar-refractivity contribution in [2.75, 3.05) is 25.5 Å². The Morgan fingerprint density at radius 3 is 2.23 bits per heavy atom. The lowest BCUT2D eigenvalue weighted by atomic mass is 9.82. The van der Waals surface area contributed by atoms with E-state index in [1.807, 2.05) is 0 Å². The molecule has 208 valence electrons. The number of carboxylic acids is 1. The standard InChI is InChI=1S/C28H33BrN4O6/c1-39-22-13-11-21(12-14-22)30-28(38)33-16-15-32(27(37)19-7-9-20(29)10-8-19)26(33)25(36)31-23(17-24(34)35)18-5-3-2-4-6-18/h7-14,18,23,26H,2-6,15-17H2,1H3,(H,30,38)(H,31,36)(H,34,35). The van der Waals surface area contributed by atoms with Gasteiger partial charge in [0.25, 0.3) is 11.8 Å². The molecule has 3 N–H and O–H groups in total. The van der Waals surface area contributed by atoms with Crippen LogP contribution in [0, 0.1) is 5.92 Å². The van der Waals surface area contributed by atoms with Crippen molar-refractivity contribution in [3.63, 3.8) is 0 Å². The van der Waals surface area contributed by atoms with E-state index in [1.54, 1.807) is 55.6 Å². The highest BCUT2D eigenvalue weighted by Crippen LogP contribution is 2.29. The van der Waals surface area contributed by atoms with Crippen LogP contribution >= 0.6 is 15.9 Å². The molecule has 10 nitrogen and oxygen atoms in total. The SMILES string of the molecule is COc1ccc(NC(=O)N2CCN(C(=O)c3ccc(Br)cc3)C2C(=O)NC(CC(=O)O)C2CCCCC2)cc1. The van der Waals surface area contributed by atoms with Gasteiger partial charge in [0.2, 0.25) is 0 Å². The van der Waals surface area contributed by atoms with Crippen LogP contribution in [0.3, 0.4) is 0 Å². The highest BCUT2D eigenvalue weighted by Gasteiger charge is 2.44. The van der Waals surface area contributed by atoms with Crippen molar-refractivity contribution in [2.24, 2.45) is 5.92 Å². The third kappa shape index (κ3) is 7.08. The molecule has 2 unspecified atom stereocenters. The van der Waals surface area contributed by atoms with Crippen molar-refractivity contribution in [3.05, 3.63) is 58.6 Å². The Bertz CT molecular complexity index is 1180. The number of carboxylic acid groups (broad SMARTS) is 1. The number of benzene rings is 2. The summed E-state index contributed by atoms with van der Waals surface area (Å²) in [7, 11) is 1.54. The number of aliphatic carboxylic acids is 1. The molecule has 2 aromatic carbocycles. The molecule has 4 amide bonds. The van der Waals surface area contributed by atoms with Gasteiger partial charge in [0.1, 0.15) is 5.75 Å². The van der Waals surface area contributed by atoms with Crippen LogP contribution in [0.1, 0.15) is 48.9 Å². The predicted octanol–water partition coefficient (Wildman–Crippen LogP) is 4.31. The molecule has 1 saturated heterocycles. The first-order chi connectivity index (χ1) is 18.8. The van der Waals surface area contributed by atoms with Gasteiger partial charge in [0, 0.05) is 34.9 Å². The topological polar surface area (TPSA) is 128 Å². The summed E-state index contributed by atoms with van der Waals surface area (Å²) in [6.45, 7) is 0.283. The number of halogens is 1. The fourth-order valence-corrected chi connectivity index (χ4v) is 5.55. The Labute approximate surface area is 235 Å². The van der Waals surface area contributed by atoms with E-state index in [0.29, 0.717) is 17.0 Å².